The summed E-state index contributed by atoms with van der Waals surface area (Å²) >= 11 is 13.2. The lowest BCUT2D eigenvalue weighted by atomic mass is 10.3. The third kappa shape index (κ3) is 4.29. The third-order valence-electron chi connectivity index (χ3n) is 2.94. The quantitative estimate of drug-likeness (QED) is 0.659. The number of halogens is 2. The van der Waals surface area contributed by atoms with Crippen molar-refractivity contribution in [2.75, 3.05) is 5.32 Å². The van der Waals surface area contributed by atoms with E-state index in [1.165, 1.54) is 11.3 Å². The van der Waals surface area contributed by atoms with Crippen LogP contribution in [0.1, 0.15) is 22.0 Å². The van der Waals surface area contributed by atoms with Gasteiger partial charge in [-0.3, -0.25) is 10.1 Å². The van der Waals surface area contributed by atoms with Crippen LogP contribution in [0.4, 0.5) is 5.13 Å². The van der Waals surface area contributed by atoms with Gasteiger partial charge in [0.2, 0.25) is 0 Å². The van der Waals surface area contributed by atoms with E-state index in [4.69, 9.17) is 32.4 Å². The number of nitrogens with one attached hydrogen (secondary N) is 1. The van der Waals surface area contributed by atoms with E-state index >= 15 is 0 Å². The van der Waals surface area contributed by atoms with E-state index in [0.29, 0.717) is 26.7 Å². The van der Waals surface area contributed by atoms with Gasteiger partial charge in [0, 0.05) is 15.4 Å². The van der Waals surface area contributed by atoms with E-state index in [-0.39, 0.29) is 18.3 Å². The number of ether oxygens (including phenoxy) is 1. The maximum atomic E-state index is 12.1. The largest absolute Gasteiger partial charge is 0.486 e. The Hall–Kier alpha value is -2.02. The first-order valence-corrected chi connectivity index (χ1v) is 8.54. The molecule has 0 bridgehead atoms. The number of hydrogen-bond acceptors (Lipinski definition) is 5. The molecular weight excluding hydrogens is 371 g/mol. The highest BCUT2D eigenvalue weighted by molar-refractivity contribution is 7.13. The van der Waals surface area contributed by atoms with Crippen molar-refractivity contribution in [3.63, 3.8) is 0 Å². The van der Waals surface area contributed by atoms with E-state index in [1.54, 1.807) is 30.3 Å². The molecule has 0 fully saturated rings. The molecule has 0 saturated heterocycles. The second-order valence-electron chi connectivity index (χ2n) is 4.91. The van der Waals surface area contributed by atoms with Crippen molar-refractivity contribution in [2.45, 2.75) is 13.5 Å². The van der Waals surface area contributed by atoms with Crippen LogP contribution in [-0.2, 0) is 6.61 Å². The molecule has 124 valence electrons. The summed E-state index contributed by atoms with van der Waals surface area (Å²) in [5.41, 5.74) is 0.851. The monoisotopic (exact) mass is 382 g/mol. The van der Waals surface area contributed by atoms with Crippen LogP contribution in [0, 0.1) is 6.92 Å². The first kappa shape index (κ1) is 16.8. The molecule has 2 heterocycles. The van der Waals surface area contributed by atoms with Gasteiger partial charge in [0.25, 0.3) is 5.91 Å². The van der Waals surface area contributed by atoms with E-state index in [9.17, 15) is 4.79 Å². The Morgan fingerprint density at radius 1 is 1.29 bits per heavy atom. The van der Waals surface area contributed by atoms with Crippen molar-refractivity contribution in [3.8, 4) is 5.75 Å². The number of furan rings is 1. The Morgan fingerprint density at radius 3 is 2.71 bits per heavy atom. The molecule has 1 amide bonds. The van der Waals surface area contributed by atoms with Gasteiger partial charge >= 0.3 is 0 Å². The minimum atomic E-state index is -0.360. The molecule has 0 saturated carbocycles. The zero-order valence-corrected chi connectivity index (χ0v) is 14.8. The van der Waals surface area contributed by atoms with Crippen LogP contribution in [0.3, 0.4) is 0 Å². The zero-order chi connectivity index (χ0) is 17.1. The molecule has 1 aromatic carbocycles. The third-order valence-corrected chi connectivity index (χ3v) is 4.25. The summed E-state index contributed by atoms with van der Waals surface area (Å²) in [6, 6.07) is 8.17. The number of rotatable bonds is 5. The van der Waals surface area contributed by atoms with Crippen LogP contribution in [-0.4, -0.2) is 10.9 Å². The Labute approximate surface area is 152 Å². The van der Waals surface area contributed by atoms with Gasteiger partial charge in [-0.2, -0.15) is 0 Å². The molecule has 0 aliphatic carbocycles. The molecular formula is C16H12Cl2N2O3S. The van der Waals surface area contributed by atoms with Gasteiger partial charge in [-0.15, -0.1) is 11.3 Å². The molecule has 8 heteroatoms. The summed E-state index contributed by atoms with van der Waals surface area (Å²) in [5.74, 6) is 0.853. The average Bonchev–Trinajstić information content (AvgIpc) is 3.13. The average molecular weight is 383 g/mol. The topological polar surface area (TPSA) is 64.4 Å². The highest BCUT2D eigenvalue weighted by Crippen LogP contribution is 2.25. The molecule has 0 aliphatic heterocycles. The molecule has 0 spiro atoms. The Balaban J connectivity index is 1.61. The van der Waals surface area contributed by atoms with Crippen molar-refractivity contribution in [2.24, 2.45) is 0 Å². The van der Waals surface area contributed by atoms with Crippen LogP contribution >= 0.6 is 34.5 Å². The van der Waals surface area contributed by atoms with Gasteiger partial charge in [0.05, 0.1) is 5.69 Å². The number of benzene rings is 1. The summed E-state index contributed by atoms with van der Waals surface area (Å²) < 4.78 is 11.0. The summed E-state index contributed by atoms with van der Waals surface area (Å²) in [7, 11) is 0. The van der Waals surface area contributed by atoms with Crippen molar-refractivity contribution in [1.29, 1.82) is 0 Å². The summed E-state index contributed by atoms with van der Waals surface area (Å²) in [6.07, 6.45) is 0. The standard InChI is InChI=1S/C16H12Cl2N2O3S/c1-9-8-24-16(19-9)20-15(21)14-3-2-12(23-14)7-22-13-5-10(17)4-11(18)6-13/h2-6,8H,7H2,1H3,(H,19,20,21). The number of anilines is 1. The van der Waals surface area contributed by atoms with Crippen LogP contribution in [0.15, 0.2) is 40.1 Å². The fraction of sp³-hybridized carbons (Fsp3) is 0.125. The number of carbonyl (C=O) groups is 1. The number of hydrogen-bond donors (Lipinski definition) is 1. The maximum absolute atomic E-state index is 12.1. The molecule has 1 N–H and O–H groups in total. The van der Waals surface area contributed by atoms with E-state index in [1.807, 2.05) is 12.3 Å². The normalized spacial score (nSPS) is 10.6. The van der Waals surface area contributed by atoms with Crippen LogP contribution in [0.2, 0.25) is 10.0 Å². The van der Waals surface area contributed by atoms with Gasteiger partial charge in [-0.05, 0) is 37.3 Å². The summed E-state index contributed by atoms with van der Waals surface area (Å²) in [4.78, 5) is 16.3. The first-order chi connectivity index (χ1) is 11.5. The van der Waals surface area contributed by atoms with E-state index in [2.05, 4.69) is 10.3 Å². The van der Waals surface area contributed by atoms with Gasteiger partial charge < -0.3 is 9.15 Å². The molecule has 2 aromatic heterocycles. The molecule has 5 nitrogen and oxygen atoms in total. The molecule has 24 heavy (non-hydrogen) atoms. The fourth-order valence-electron chi connectivity index (χ4n) is 1.91. The molecule has 0 radical (unpaired) electrons. The number of amides is 1. The number of thiazole rings is 1. The second kappa shape index (κ2) is 7.25. The number of nitrogens with zero attached hydrogens (tertiary/aromatic N) is 1. The number of aryl methyl sites for hydroxylation is 1. The van der Waals surface area contributed by atoms with Crippen LogP contribution < -0.4 is 10.1 Å². The molecule has 0 aliphatic rings. The van der Waals surface area contributed by atoms with Crippen molar-refractivity contribution in [3.05, 3.63) is 63.0 Å². The fourth-order valence-corrected chi connectivity index (χ4v) is 3.10. The van der Waals surface area contributed by atoms with Crippen molar-refractivity contribution in [1.82, 2.24) is 4.98 Å². The molecule has 0 unspecified atom stereocenters. The zero-order valence-electron chi connectivity index (χ0n) is 12.5. The summed E-state index contributed by atoms with van der Waals surface area (Å²) in [6.45, 7) is 2.01. The lowest BCUT2D eigenvalue weighted by molar-refractivity contribution is 0.0992. The van der Waals surface area contributed by atoms with E-state index in [0.717, 1.165) is 5.69 Å². The highest BCUT2D eigenvalue weighted by atomic mass is 35.5. The number of aromatic nitrogens is 1. The minimum absolute atomic E-state index is 0.153. The van der Waals surface area contributed by atoms with Crippen LogP contribution in [0.5, 0.6) is 5.75 Å². The second-order valence-corrected chi connectivity index (χ2v) is 6.64. The predicted octanol–water partition coefficient (Wildman–Crippen LogP) is 5.18. The van der Waals surface area contributed by atoms with E-state index < -0.39 is 0 Å². The SMILES string of the molecule is Cc1csc(NC(=O)c2ccc(COc3cc(Cl)cc(Cl)c3)o2)n1. The van der Waals surface area contributed by atoms with Crippen molar-refractivity contribution >= 4 is 45.6 Å². The van der Waals surface area contributed by atoms with Gasteiger partial charge in [0.1, 0.15) is 18.1 Å². The lowest BCUT2D eigenvalue weighted by Crippen LogP contribution is -2.10. The summed E-state index contributed by atoms with van der Waals surface area (Å²) in [5, 5.41) is 6.03. The lowest BCUT2D eigenvalue weighted by Gasteiger charge is -2.05. The predicted molar refractivity (Wildman–Crippen MR) is 94.3 cm³/mol. The van der Waals surface area contributed by atoms with Gasteiger partial charge in [-0.25, -0.2) is 4.98 Å². The Bertz CT molecular complexity index is 856. The molecule has 3 aromatic rings. The van der Waals surface area contributed by atoms with Gasteiger partial charge in [-0.1, -0.05) is 23.2 Å². The Morgan fingerprint density at radius 2 is 2.04 bits per heavy atom. The maximum Gasteiger partial charge on any atom is 0.293 e. The number of carbonyl (C=O) groups excluding carboxylic acids is 1. The Kier molecular flexibility index (Phi) is 5.08. The first-order valence-electron chi connectivity index (χ1n) is 6.91. The highest BCUT2D eigenvalue weighted by Gasteiger charge is 2.13. The smallest absolute Gasteiger partial charge is 0.293 e. The van der Waals surface area contributed by atoms with Crippen molar-refractivity contribution < 1.29 is 13.9 Å². The van der Waals surface area contributed by atoms with Gasteiger partial charge in [0.15, 0.2) is 10.9 Å². The van der Waals surface area contributed by atoms with Crippen LogP contribution in [0.25, 0.3) is 0 Å². The molecule has 3 rings (SSSR count). The molecule has 0 atom stereocenters. The minimum Gasteiger partial charge on any atom is -0.486 e.